The van der Waals surface area contributed by atoms with E-state index in [0.29, 0.717) is 5.75 Å². The van der Waals surface area contributed by atoms with Crippen LogP contribution in [0.5, 0.6) is 5.75 Å². The second kappa shape index (κ2) is 7.29. The van der Waals surface area contributed by atoms with Crippen molar-refractivity contribution in [1.82, 2.24) is 5.32 Å². The average molecular weight is 278 g/mol. The lowest BCUT2D eigenvalue weighted by atomic mass is 10.0. The van der Waals surface area contributed by atoms with Gasteiger partial charge in [-0.25, -0.2) is 0 Å². The average Bonchev–Trinajstić information content (AvgIpc) is 2.44. The van der Waals surface area contributed by atoms with E-state index < -0.39 is 0 Å². The Bertz CT molecular complexity index is 427. The summed E-state index contributed by atoms with van der Waals surface area (Å²) in [6, 6.07) is 7.64. The molecule has 1 amide bonds. The van der Waals surface area contributed by atoms with Crippen molar-refractivity contribution in [3.8, 4) is 5.75 Å². The summed E-state index contributed by atoms with van der Waals surface area (Å²) in [5.41, 5.74) is 6.83. The fourth-order valence-corrected chi connectivity index (χ4v) is 1.70. The van der Waals surface area contributed by atoms with Gasteiger partial charge < -0.3 is 15.8 Å². The number of carbonyl (C=O) groups excluding carboxylic acids is 1. The molecule has 20 heavy (non-hydrogen) atoms. The van der Waals surface area contributed by atoms with Gasteiger partial charge in [-0.15, -0.1) is 0 Å². The minimum atomic E-state index is -0.196. The summed E-state index contributed by atoms with van der Waals surface area (Å²) in [6.45, 7) is 8.10. The maximum absolute atomic E-state index is 11.8. The van der Waals surface area contributed by atoms with Crippen molar-refractivity contribution in [2.24, 2.45) is 5.73 Å². The number of ether oxygens (including phenoxy) is 1. The Morgan fingerprint density at radius 1 is 1.30 bits per heavy atom. The van der Waals surface area contributed by atoms with Gasteiger partial charge in [0.1, 0.15) is 5.75 Å². The van der Waals surface area contributed by atoms with Gasteiger partial charge in [-0.1, -0.05) is 26.0 Å². The second-order valence-electron chi connectivity index (χ2n) is 5.66. The topological polar surface area (TPSA) is 64.3 Å². The molecule has 0 aromatic heterocycles. The predicted octanol–water partition coefficient (Wildman–Crippen LogP) is 2.78. The molecule has 112 valence electrons. The summed E-state index contributed by atoms with van der Waals surface area (Å²) >= 11 is 0. The largest absolute Gasteiger partial charge is 0.484 e. The number of hydrogen-bond donors (Lipinski definition) is 2. The van der Waals surface area contributed by atoms with E-state index in [1.54, 1.807) is 0 Å². The van der Waals surface area contributed by atoms with E-state index in [2.05, 4.69) is 12.2 Å². The molecule has 0 fully saturated rings. The zero-order chi connectivity index (χ0) is 15.2. The Balaban J connectivity index is 2.48. The zero-order valence-corrected chi connectivity index (χ0v) is 12.9. The number of amides is 1. The van der Waals surface area contributed by atoms with Crippen LogP contribution in [-0.2, 0) is 4.79 Å². The van der Waals surface area contributed by atoms with Gasteiger partial charge in [-0.2, -0.15) is 0 Å². The molecule has 0 heterocycles. The third-order valence-corrected chi connectivity index (χ3v) is 3.48. The van der Waals surface area contributed by atoms with Gasteiger partial charge in [0.05, 0.1) is 0 Å². The first-order valence-electron chi connectivity index (χ1n) is 7.17. The van der Waals surface area contributed by atoms with E-state index in [1.165, 1.54) is 0 Å². The van der Waals surface area contributed by atoms with Crippen LogP contribution in [0.2, 0.25) is 0 Å². The predicted molar refractivity (Wildman–Crippen MR) is 81.7 cm³/mol. The lowest BCUT2D eigenvalue weighted by Crippen LogP contribution is -2.44. The molecular weight excluding hydrogens is 252 g/mol. The molecule has 0 radical (unpaired) electrons. The standard InChI is InChI=1S/C16H26N2O2/c1-5-14(17)12-7-9-13(10-8-12)20-11-15(19)18-16(3,4)6-2/h7-10,14H,5-6,11,17H2,1-4H3,(H,18,19)/t14-/m0/s1. The fraction of sp³-hybridized carbons (Fsp3) is 0.562. The van der Waals surface area contributed by atoms with Crippen molar-refractivity contribution in [3.05, 3.63) is 29.8 Å². The molecule has 4 nitrogen and oxygen atoms in total. The molecule has 1 aromatic rings. The van der Waals surface area contributed by atoms with E-state index in [1.807, 2.05) is 45.0 Å². The highest BCUT2D eigenvalue weighted by atomic mass is 16.5. The van der Waals surface area contributed by atoms with Crippen LogP contribution in [0.25, 0.3) is 0 Å². The van der Waals surface area contributed by atoms with E-state index >= 15 is 0 Å². The molecule has 0 aliphatic rings. The lowest BCUT2D eigenvalue weighted by Gasteiger charge is -2.24. The van der Waals surface area contributed by atoms with Gasteiger partial charge in [-0.3, -0.25) is 4.79 Å². The van der Waals surface area contributed by atoms with Gasteiger partial charge in [0.2, 0.25) is 0 Å². The molecule has 0 saturated heterocycles. The Kier molecular flexibility index (Phi) is 6.02. The van der Waals surface area contributed by atoms with Crippen LogP contribution in [0.4, 0.5) is 0 Å². The van der Waals surface area contributed by atoms with Crippen LogP contribution in [-0.4, -0.2) is 18.1 Å². The van der Waals surface area contributed by atoms with Gasteiger partial charge in [0.25, 0.3) is 5.91 Å². The fourth-order valence-electron chi connectivity index (χ4n) is 1.70. The van der Waals surface area contributed by atoms with Crippen LogP contribution in [0.15, 0.2) is 24.3 Å². The number of carbonyl (C=O) groups is 1. The van der Waals surface area contributed by atoms with Gasteiger partial charge in [0.15, 0.2) is 6.61 Å². The summed E-state index contributed by atoms with van der Waals surface area (Å²) in [6.07, 6.45) is 1.77. The van der Waals surface area contributed by atoms with Crippen molar-refractivity contribution < 1.29 is 9.53 Å². The highest BCUT2D eigenvalue weighted by molar-refractivity contribution is 5.78. The van der Waals surface area contributed by atoms with E-state index in [-0.39, 0.29) is 24.1 Å². The second-order valence-corrected chi connectivity index (χ2v) is 5.66. The van der Waals surface area contributed by atoms with Crippen LogP contribution in [0.1, 0.15) is 52.1 Å². The third kappa shape index (κ3) is 5.21. The summed E-state index contributed by atoms with van der Waals surface area (Å²) in [5.74, 6) is 0.577. The molecule has 1 aromatic carbocycles. The molecule has 1 rings (SSSR count). The monoisotopic (exact) mass is 278 g/mol. The Morgan fingerprint density at radius 2 is 1.90 bits per heavy atom. The number of benzene rings is 1. The minimum Gasteiger partial charge on any atom is -0.484 e. The van der Waals surface area contributed by atoms with Crippen LogP contribution < -0.4 is 15.8 Å². The van der Waals surface area contributed by atoms with E-state index in [9.17, 15) is 4.79 Å². The molecule has 4 heteroatoms. The number of nitrogens with two attached hydrogens (primary N) is 1. The number of hydrogen-bond acceptors (Lipinski definition) is 3. The highest BCUT2D eigenvalue weighted by Gasteiger charge is 2.17. The van der Waals surface area contributed by atoms with Gasteiger partial charge in [0, 0.05) is 11.6 Å². The Labute approximate surface area is 121 Å². The molecule has 0 bridgehead atoms. The quantitative estimate of drug-likeness (QED) is 0.806. The van der Waals surface area contributed by atoms with Crippen molar-refractivity contribution in [3.63, 3.8) is 0 Å². The minimum absolute atomic E-state index is 0.0304. The Morgan fingerprint density at radius 3 is 2.40 bits per heavy atom. The van der Waals surface area contributed by atoms with Gasteiger partial charge in [-0.05, 0) is 44.4 Å². The zero-order valence-electron chi connectivity index (χ0n) is 12.9. The van der Waals surface area contributed by atoms with E-state index in [0.717, 1.165) is 18.4 Å². The smallest absolute Gasteiger partial charge is 0.258 e. The Hall–Kier alpha value is -1.55. The highest BCUT2D eigenvalue weighted by Crippen LogP contribution is 2.18. The van der Waals surface area contributed by atoms with Crippen molar-refractivity contribution in [2.75, 3.05) is 6.61 Å². The normalized spacial score (nSPS) is 12.8. The van der Waals surface area contributed by atoms with Gasteiger partial charge >= 0.3 is 0 Å². The molecule has 0 unspecified atom stereocenters. The SMILES string of the molecule is CC[C@H](N)c1ccc(OCC(=O)NC(C)(C)CC)cc1. The maximum atomic E-state index is 11.8. The van der Waals surface area contributed by atoms with Crippen molar-refractivity contribution in [2.45, 2.75) is 52.1 Å². The molecule has 0 aliphatic carbocycles. The lowest BCUT2D eigenvalue weighted by molar-refractivity contribution is -0.124. The third-order valence-electron chi connectivity index (χ3n) is 3.48. The molecule has 3 N–H and O–H groups in total. The number of rotatable bonds is 7. The van der Waals surface area contributed by atoms with Crippen molar-refractivity contribution in [1.29, 1.82) is 0 Å². The first-order valence-corrected chi connectivity index (χ1v) is 7.17. The van der Waals surface area contributed by atoms with Crippen molar-refractivity contribution >= 4 is 5.91 Å². The molecular formula is C16H26N2O2. The summed E-state index contributed by atoms with van der Waals surface area (Å²) in [5, 5.41) is 2.93. The maximum Gasteiger partial charge on any atom is 0.258 e. The van der Waals surface area contributed by atoms with Crippen LogP contribution in [0.3, 0.4) is 0 Å². The van der Waals surface area contributed by atoms with E-state index in [4.69, 9.17) is 10.5 Å². The first kappa shape index (κ1) is 16.5. The summed E-state index contributed by atoms with van der Waals surface area (Å²) in [7, 11) is 0. The van der Waals surface area contributed by atoms with Crippen LogP contribution in [0, 0.1) is 0 Å². The molecule has 0 aliphatic heterocycles. The molecule has 0 saturated carbocycles. The summed E-state index contributed by atoms with van der Waals surface area (Å²) < 4.78 is 5.47. The number of nitrogens with one attached hydrogen (secondary N) is 1. The molecule has 0 spiro atoms. The van der Waals surface area contributed by atoms with Crippen LogP contribution >= 0.6 is 0 Å². The summed E-state index contributed by atoms with van der Waals surface area (Å²) in [4.78, 5) is 11.8. The molecule has 1 atom stereocenters. The first-order chi connectivity index (χ1) is 9.38.